The Bertz CT molecular complexity index is 2220. The van der Waals surface area contributed by atoms with Crippen molar-refractivity contribution in [1.29, 1.82) is 5.26 Å². The van der Waals surface area contributed by atoms with Crippen molar-refractivity contribution in [3.8, 4) is 45.8 Å². The Balaban J connectivity index is 1.27. The SMILES string of the molecule is COc1cc(-n2ncc3c(-c4cccc(-c5nc6cc(C=O)cc(C#N)c6o5)c4C)cccc32)cc(OC)c1CN(C)[C@H]1CCOC[C@@H]1O. The molecular weight excluding hydrogens is 622 g/mol. The molecule has 11 nitrogen and oxygen atoms in total. The summed E-state index contributed by atoms with van der Waals surface area (Å²) >= 11 is 0. The van der Waals surface area contributed by atoms with Gasteiger partial charge >= 0.3 is 0 Å². The Labute approximate surface area is 282 Å². The van der Waals surface area contributed by atoms with Crippen molar-refractivity contribution in [2.24, 2.45) is 0 Å². The molecule has 1 aliphatic rings. The highest BCUT2D eigenvalue weighted by Gasteiger charge is 2.29. The molecule has 6 aromatic rings. The van der Waals surface area contributed by atoms with Crippen LogP contribution in [0.25, 0.3) is 50.3 Å². The summed E-state index contributed by atoms with van der Waals surface area (Å²) < 4.78 is 25.2. The van der Waals surface area contributed by atoms with Crippen molar-refractivity contribution < 1.29 is 28.5 Å². The number of nitrogens with zero attached hydrogens (tertiary/aromatic N) is 5. The van der Waals surface area contributed by atoms with Crippen LogP contribution in [0.4, 0.5) is 0 Å². The van der Waals surface area contributed by atoms with E-state index in [1.165, 1.54) is 6.07 Å². The topological polar surface area (TPSA) is 136 Å². The zero-order chi connectivity index (χ0) is 34.2. The number of nitriles is 1. The first kappa shape index (κ1) is 32.0. The van der Waals surface area contributed by atoms with Crippen LogP contribution in [0.15, 0.2) is 71.3 Å². The first-order valence-electron chi connectivity index (χ1n) is 15.9. The fraction of sp³-hybridized carbons (Fsp3) is 0.263. The number of likely N-dealkylation sites (N-methyl/N-ethyl adjacent to an activating group) is 1. The quantitative estimate of drug-likeness (QED) is 0.182. The van der Waals surface area contributed by atoms with Crippen molar-refractivity contribution >= 4 is 28.3 Å². The summed E-state index contributed by atoms with van der Waals surface area (Å²) in [5, 5.41) is 25.9. The van der Waals surface area contributed by atoms with Gasteiger partial charge in [0.1, 0.15) is 29.4 Å². The van der Waals surface area contributed by atoms with E-state index in [4.69, 9.17) is 23.7 Å². The molecule has 49 heavy (non-hydrogen) atoms. The largest absolute Gasteiger partial charge is 0.496 e. The molecule has 248 valence electrons. The van der Waals surface area contributed by atoms with Crippen molar-refractivity contribution in [2.75, 3.05) is 34.5 Å². The molecule has 0 radical (unpaired) electrons. The van der Waals surface area contributed by atoms with Gasteiger partial charge in [0.15, 0.2) is 5.58 Å². The van der Waals surface area contributed by atoms with Gasteiger partial charge in [0, 0.05) is 47.8 Å². The molecule has 2 aromatic heterocycles. The Kier molecular flexibility index (Phi) is 8.60. The Hall–Kier alpha value is -5.54. The molecule has 2 atom stereocenters. The molecule has 0 unspecified atom stereocenters. The number of benzene rings is 4. The standard InChI is InChI=1S/C38H35N5O6/c1-22-26(7-5-8-27(22)38-41-31-14-23(20-44)13-24(17-39)37(31)49-38)28-9-6-10-32-29(28)18-40-43(32)25-15-35(46-3)30(36(16-25)47-4)19-42(2)33-11-12-48-21-34(33)45/h5-10,13-16,18,20,33-34,45H,11-12,19,21H2,1-4H3/t33-,34-/m0/s1. The number of oxazole rings is 1. The van der Waals surface area contributed by atoms with E-state index in [0.29, 0.717) is 60.1 Å². The maximum Gasteiger partial charge on any atom is 0.227 e. The lowest BCUT2D eigenvalue weighted by Crippen LogP contribution is -2.47. The van der Waals surface area contributed by atoms with Gasteiger partial charge in [-0.1, -0.05) is 24.3 Å². The van der Waals surface area contributed by atoms with E-state index in [1.807, 2.05) is 67.3 Å². The maximum absolute atomic E-state index is 11.4. The van der Waals surface area contributed by atoms with Crippen LogP contribution < -0.4 is 9.47 Å². The highest BCUT2D eigenvalue weighted by Crippen LogP contribution is 2.39. The van der Waals surface area contributed by atoms with Gasteiger partial charge in [0.2, 0.25) is 5.89 Å². The summed E-state index contributed by atoms with van der Waals surface area (Å²) in [5.74, 6) is 1.68. The summed E-state index contributed by atoms with van der Waals surface area (Å²) in [5.41, 5.74) is 7.64. The zero-order valence-corrected chi connectivity index (χ0v) is 27.6. The number of aromatic nitrogens is 3. The summed E-state index contributed by atoms with van der Waals surface area (Å²) in [7, 11) is 5.27. The summed E-state index contributed by atoms with van der Waals surface area (Å²) in [6.07, 6.45) is 2.72. The minimum absolute atomic E-state index is 0.0359. The zero-order valence-electron chi connectivity index (χ0n) is 27.6. The van der Waals surface area contributed by atoms with Crippen LogP contribution >= 0.6 is 0 Å². The van der Waals surface area contributed by atoms with Gasteiger partial charge in [0.05, 0.1) is 55.5 Å². The Morgan fingerprint density at radius 1 is 1.08 bits per heavy atom. The third kappa shape index (κ3) is 5.70. The number of ether oxygens (including phenoxy) is 3. The van der Waals surface area contributed by atoms with E-state index in [9.17, 15) is 15.2 Å². The molecule has 0 spiro atoms. The minimum atomic E-state index is -0.563. The van der Waals surface area contributed by atoms with Crippen LogP contribution in [0, 0.1) is 18.3 Å². The molecule has 0 amide bonds. The van der Waals surface area contributed by atoms with Gasteiger partial charge in [-0.3, -0.25) is 9.69 Å². The summed E-state index contributed by atoms with van der Waals surface area (Å²) in [6, 6.07) is 21.1. The number of methoxy groups -OCH3 is 2. The van der Waals surface area contributed by atoms with Crippen LogP contribution in [0.1, 0.15) is 33.5 Å². The van der Waals surface area contributed by atoms with Gasteiger partial charge in [-0.15, -0.1) is 0 Å². The van der Waals surface area contributed by atoms with Gasteiger partial charge in [-0.25, -0.2) is 9.67 Å². The molecule has 1 fully saturated rings. The van der Waals surface area contributed by atoms with Crippen LogP contribution in [-0.4, -0.2) is 77.7 Å². The smallest absolute Gasteiger partial charge is 0.227 e. The molecule has 0 bridgehead atoms. The van der Waals surface area contributed by atoms with Crippen molar-refractivity contribution in [3.63, 3.8) is 0 Å². The van der Waals surface area contributed by atoms with Gasteiger partial charge < -0.3 is 23.7 Å². The molecule has 7 rings (SSSR count). The van der Waals surface area contributed by atoms with Gasteiger partial charge in [-0.2, -0.15) is 10.4 Å². The fourth-order valence-corrected chi connectivity index (χ4v) is 6.81. The third-order valence-corrected chi connectivity index (χ3v) is 9.34. The predicted octanol–water partition coefficient (Wildman–Crippen LogP) is 6.09. The fourth-order valence-electron chi connectivity index (χ4n) is 6.81. The van der Waals surface area contributed by atoms with Crippen LogP contribution in [-0.2, 0) is 11.3 Å². The summed E-state index contributed by atoms with van der Waals surface area (Å²) in [4.78, 5) is 18.2. The Morgan fingerprint density at radius 3 is 2.53 bits per heavy atom. The lowest BCUT2D eigenvalue weighted by atomic mass is 9.94. The average Bonchev–Trinajstić information content (AvgIpc) is 3.76. The molecule has 1 aliphatic heterocycles. The molecular formula is C38H35N5O6. The number of aldehydes is 1. The predicted molar refractivity (Wildman–Crippen MR) is 184 cm³/mol. The number of rotatable bonds is 9. The summed E-state index contributed by atoms with van der Waals surface area (Å²) in [6.45, 7) is 3.46. The van der Waals surface area contributed by atoms with E-state index >= 15 is 0 Å². The minimum Gasteiger partial charge on any atom is -0.496 e. The lowest BCUT2D eigenvalue weighted by molar-refractivity contribution is -0.0606. The first-order valence-corrected chi connectivity index (χ1v) is 15.9. The van der Waals surface area contributed by atoms with E-state index in [1.54, 1.807) is 20.3 Å². The first-order chi connectivity index (χ1) is 23.8. The molecule has 4 aromatic carbocycles. The molecule has 1 saturated heterocycles. The van der Waals surface area contributed by atoms with E-state index in [0.717, 1.165) is 50.8 Å². The highest BCUT2D eigenvalue weighted by atomic mass is 16.5. The average molecular weight is 658 g/mol. The molecule has 11 heteroatoms. The molecule has 1 N–H and O–H groups in total. The molecule has 0 aliphatic carbocycles. The van der Waals surface area contributed by atoms with Crippen molar-refractivity contribution in [1.82, 2.24) is 19.7 Å². The van der Waals surface area contributed by atoms with E-state index in [2.05, 4.69) is 22.0 Å². The van der Waals surface area contributed by atoms with E-state index < -0.39 is 6.10 Å². The van der Waals surface area contributed by atoms with Crippen molar-refractivity contribution in [3.05, 3.63) is 89.1 Å². The monoisotopic (exact) mass is 657 g/mol. The maximum atomic E-state index is 11.4. The van der Waals surface area contributed by atoms with Gasteiger partial charge in [0.25, 0.3) is 0 Å². The van der Waals surface area contributed by atoms with Crippen LogP contribution in [0.2, 0.25) is 0 Å². The number of carbonyl (C=O) groups is 1. The number of aliphatic hydroxyl groups is 1. The number of fused-ring (bicyclic) bond motifs is 2. The Morgan fingerprint density at radius 2 is 1.82 bits per heavy atom. The number of hydrogen-bond donors (Lipinski definition) is 1. The lowest BCUT2D eigenvalue weighted by Gasteiger charge is -2.35. The van der Waals surface area contributed by atoms with Crippen LogP contribution in [0.3, 0.4) is 0 Å². The van der Waals surface area contributed by atoms with Crippen molar-refractivity contribution in [2.45, 2.75) is 32.0 Å². The molecule has 0 saturated carbocycles. The number of carbonyl (C=O) groups excluding carboxylic acids is 1. The third-order valence-electron chi connectivity index (χ3n) is 9.34. The normalized spacial score (nSPS) is 16.3. The second-order valence-electron chi connectivity index (χ2n) is 12.2. The second-order valence-corrected chi connectivity index (χ2v) is 12.2. The number of aliphatic hydroxyl groups excluding tert-OH is 1. The second kappa shape index (κ2) is 13.2. The molecule has 3 heterocycles. The van der Waals surface area contributed by atoms with E-state index in [-0.39, 0.29) is 11.6 Å². The van der Waals surface area contributed by atoms with Gasteiger partial charge in [-0.05, 0) is 61.3 Å². The number of hydrogen-bond acceptors (Lipinski definition) is 10. The van der Waals surface area contributed by atoms with Crippen LogP contribution in [0.5, 0.6) is 11.5 Å². The highest BCUT2D eigenvalue weighted by molar-refractivity contribution is 5.97.